The second-order valence-electron chi connectivity index (χ2n) is 7.15. The predicted molar refractivity (Wildman–Crippen MR) is 109 cm³/mol. The lowest BCUT2D eigenvalue weighted by Crippen LogP contribution is -2.29. The molecule has 4 nitrogen and oxygen atoms in total. The quantitative estimate of drug-likeness (QED) is 0.530. The molecule has 2 rings (SSSR count). The first kappa shape index (κ1) is 21.5. The zero-order chi connectivity index (χ0) is 20.6. The molecule has 0 aliphatic rings. The van der Waals surface area contributed by atoms with Crippen LogP contribution >= 0.6 is 11.8 Å². The first-order valence-electron chi connectivity index (χ1n) is 8.79. The van der Waals surface area contributed by atoms with Crippen LogP contribution < -0.4 is 10.1 Å². The Hall–Kier alpha value is -2.78. The molecule has 0 unspecified atom stereocenters. The summed E-state index contributed by atoms with van der Waals surface area (Å²) in [6.45, 7) is 6.43. The molecular weight excluding hydrogens is 375 g/mol. The van der Waals surface area contributed by atoms with Crippen LogP contribution in [0.4, 0.5) is 4.39 Å². The molecule has 1 amide bonds. The van der Waals surface area contributed by atoms with Gasteiger partial charge in [-0.05, 0) is 46.7 Å². The minimum absolute atomic E-state index is 0.106. The largest absolute Gasteiger partial charge is 0.483 e. The summed E-state index contributed by atoms with van der Waals surface area (Å²) in [6, 6.07) is 13.7. The van der Waals surface area contributed by atoms with Crippen molar-refractivity contribution in [2.45, 2.75) is 37.6 Å². The summed E-state index contributed by atoms with van der Waals surface area (Å²) in [5.74, 6) is 0.0930. The molecule has 2 aromatic carbocycles. The number of rotatable bonds is 7. The molecule has 0 saturated heterocycles. The van der Waals surface area contributed by atoms with E-state index in [9.17, 15) is 9.18 Å². The van der Waals surface area contributed by atoms with Crippen molar-refractivity contribution in [1.29, 1.82) is 5.26 Å². The number of nitrogens with one attached hydrogen (secondary N) is 1. The fourth-order valence-corrected chi connectivity index (χ4v) is 3.05. The van der Waals surface area contributed by atoms with Crippen LogP contribution in [0.1, 0.15) is 31.9 Å². The number of thioether (sulfide) groups is 1. The van der Waals surface area contributed by atoms with Crippen molar-refractivity contribution in [3.05, 3.63) is 70.9 Å². The topological polar surface area (TPSA) is 62.1 Å². The van der Waals surface area contributed by atoms with E-state index in [1.54, 1.807) is 17.5 Å². The highest BCUT2D eigenvalue weighted by Gasteiger charge is 2.20. The van der Waals surface area contributed by atoms with Crippen LogP contribution in [0.25, 0.3) is 0 Å². The van der Waals surface area contributed by atoms with E-state index in [-0.39, 0.29) is 23.7 Å². The molecule has 28 heavy (non-hydrogen) atoms. The fraction of sp³-hybridized carbons (Fsp3) is 0.273. The summed E-state index contributed by atoms with van der Waals surface area (Å²) in [7, 11) is 0. The maximum atomic E-state index is 12.9. The summed E-state index contributed by atoms with van der Waals surface area (Å²) >= 11 is 1.45. The molecule has 0 aliphatic carbocycles. The third kappa shape index (κ3) is 6.75. The number of halogens is 1. The van der Waals surface area contributed by atoms with Gasteiger partial charge >= 0.3 is 0 Å². The molecule has 0 bridgehead atoms. The van der Waals surface area contributed by atoms with E-state index in [1.165, 1.54) is 30.0 Å². The number of amides is 1. The Labute approximate surface area is 169 Å². The van der Waals surface area contributed by atoms with Gasteiger partial charge in [0.1, 0.15) is 11.6 Å². The van der Waals surface area contributed by atoms with Gasteiger partial charge in [-0.2, -0.15) is 5.26 Å². The summed E-state index contributed by atoms with van der Waals surface area (Å²) in [5.41, 5.74) is 1.63. The number of carbonyl (C=O) groups is 1. The van der Waals surface area contributed by atoms with Crippen LogP contribution in [0.15, 0.2) is 58.8 Å². The van der Waals surface area contributed by atoms with E-state index in [0.717, 1.165) is 16.0 Å². The Bertz CT molecular complexity index is 881. The van der Waals surface area contributed by atoms with E-state index in [0.29, 0.717) is 12.3 Å². The van der Waals surface area contributed by atoms with Crippen molar-refractivity contribution in [2.75, 3.05) is 6.61 Å². The average Bonchev–Trinajstić information content (AvgIpc) is 2.66. The summed E-state index contributed by atoms with van der Waals surface area (Å²) in [5, 5.41) is 13.1. The van der Waals surface area contributed by atoms with Gasteiger partial charge in [0.05, 0.1) is 6.07 Å². The van der Waals surface area contributed by atoms with E-state index in [4.69, 9.17) is 10.00 Å². The standard InChI is InChI=1S/C22H23FN2O2S/c1-22(2,3)19-13-18(28-12-4-11-24)9-10-20(19)27-15-21(26)25-14-16-5-7-17(23)8-6-16/h4-10,12-13H,14-15H2,1-3H3,(H,25,26). The maximum Gasteiger partial charge on any atom is 0.258 e. The van der Waals surface area contributed by atoms with Gasteiger partial charge in [-0.25, -0.2) is 4.39 Å². The monoisotopic (exact) mass is 398 g/mol. The molecule has 0 atom stereocenters. The van der Waals surface area contributed by atoms with Crippen molar-refractivity contribution in [3.63, 3.8) is 0 Å². The smallest absolute Gasteiger partial charge is 0.258 e. The molecule has 0 saturated carbocycles. The molecule has 0 fully saturated rings. The molecule has 6 heteroatoms. The molecule has 0 spiro atoms. The molecule has 0 aliphatic heterocycles. The Morgan fingerprint density at radius 3 is 2.61 bits per heavy atom. The Kier molecular flexibility index (Phi) is 7.65. The number of nitriles is 1. The number of hydrogen-bond donors (Lipinski definition) is 1. The first-order valence-corrected chi connectivity index (χ1v) is 9.67. The number of hydrogen-bond acceptors (Lipinski definition) is 4. The molecular formula is C22H23FN2O2S. The van der Waals surface area contributed by atoms with Crippen LogP contribution in [-0.4, -0.2) is 12.5 Å². The summed E-state index contributed by atoms with van der Waals surface area (Å²) < 4.78 is 18.7. The van der Waals surface area contributed by atoms with Gasteiger partial charge < -0.3 is 10.1 Å². The van der Waals surface area contributed by atoms with Crippen LogP contribution in [0.5, 0.6) is 5.75 Å². The molecule has 146 valence electrons. The van der Waals surface area contributed by atoms with Gasteiger partial charge in [-0.1, -0.05) is 44.7 Å². The SMILES string of the molecule is CC(C)(C)c1cc(SC=CC#N)ccc1OCC(=O)NCc1ccc(F)cc1. The lowest BCUT2D eigenvalue weighted by molar-refractivity contribution is -0.123. The molecule has 1 N–H and O–H groups in total. The highest BCUT2D eigenvalue weighted by Crippen LogP contribution is 2.35. The highest BCUT2D eigenvalue weighted by atomic mass is 32.2. The Balaban J connectivity index is 1.99. The Morgan fingerprint density at radius 2 is 1.96 bits per heavy atom. The zero-order valence-corrected chi connectivity index (χ0v) is 17.0. The molecule has 0 radical (unpaired) electrons. The first-order chi connectivity index (χ1) is 13.3. The number of allylic oxidation sites excluding steroid dienone is 1. The lowest BCUT2D eigenvalue weighted by Gasteiger charge is -2.23. The van der Waals surface area contributed by atoms with Crippen molar-refractivity contribution in [2.24, 2.45) is 0 Å². The summed E-state index contributed by atoms with van der Waals surface area (Å²) in [4.78, 5) is 13.1. The minimum atomic E-state index is -0.308. The third-order valence-corrected chi connectivity index (χ3v) is 4.67. The number of carbonyl (C=O) groups excluding carboxylic acids is 1. The average molecular weight is 399 g/mol. The second-order valence-corrected chi connectivity index (χ2v) is 8.13. The van der Waals surface area contributed by atoms with Gasteiger partial charge in [0.25, 0.3) is 5.91 Å². The molecule has 0 aromatic heterocycles. The number of ether oxygens (including phenoxy) is 1. The van der Waals surface area contributed by atoms with E-state index in [2.05, 4.69) is 26.1 Å². The second kappa shape index (κ2) is 9.95. The van der Waals surface area contributed by atoms with Crippen molar-refractivity contribution in [3.8, 4) is 11.8 Å². The lowest BCUT2D eigenvalue weighted by atomic mass is 9.86. The maximum absolute atomic E-state index is 12.9. The van der Waals surface area contributed by atoms with E-state index >= 15 is 0 Å². The summed E-state index contributed by atoms with van der Waals surface area (Å²) in [6.07, 6.45) is 1.43. The van der Waals surface area contributed by atoms with Crippen LogP contribution in [0.3, 0.4) is 0 Å². The third-order valence-electron chi connectivity index (χ3n) is 3.87. The van der Waals surface area contributed by atoms with Gasteiger partial charge in [0.2, 0.25) is 0 Å². The van der Waals surface area contributed by atoms with E-state index in [1.807, 2.05) is 24.3 Å². The number of nitrogens with zero attached hydrogens (tertiary/aromatic N) is 1. The Morgan fingerprint density at radius 1 is 1.25 bits per heavy atom. The molecule has 2 aromatic rings. The predicted octanol–water partition coefficient (Wildman–Crippen LogP) is 4.95. The highest BCUT2D eigenvalue weighted by molar-refractivity contribution is 8.02. The van der Waals surface area contributed by atoms with Crippen LogP contribution in [-0.2, 0) is 16.8 Å². The van der Waals surface area contributed by atoms with Gasteiger partial charge in [-0.15, -0.1) is 0 Å². The van der Waals surface area contributed by atoms with E-state index < -0.39 is 0 Å². The van der Waals surface area contributed by atoms with Gasteiger partial charge in [0.15, 0.2) is 6.61 Å². The van der Waals surface area contributed by atoms with Gasteiger partial charge in [-0.3, -0.25) is 4.79 Å². The van der Waals surface area contributed by atoms with Gasteiger partial charge in [0, 0.05) is 23.1 Å². The zero-order valence-electron chi connectivity index (χ0n) is 16.2. The van der Waals surface area contributed by atoms with Crippen LogP contribution in [0.2, 0.25) is 0 Å². The van der Waals surface area contributed by atoms with Crippen molar-refractivity contribution in [1.82, 2.24) is 5.32 Å². The minimum Gasteiger partial charge on any atom is -0.483 e. The number of benzene rings is 2. The van der Waals surface area contributed by atoms with Crippen molar-refractivity contribution >= 4 is 17.7 Å². The fourth-order valence-electron chi connectivity index (χ4n) is 2.43. The van der Waals surface area contributed by atoms with Crippen LogP contribution in [0, 0.1) is 17.1 Å². The normalized spacial score (nSPS) is 11.2. The van der Waals surface area contributed by atoms with Crippen molar-refractivity contribution < 1.29 is 13.9 Å². The molecule has 0 heterocycles.